The summed E-state index contributed by atoms with van der Waals surface area (Å²) in [6.45, 7) is 0. The molecule has 0 atom stereocenters. The molecule has 0 aliphatic carbocycles. The van der Waals surface area contributed by atoms with Crippen molar-refractivity contribution in [3.05, 3.63) is 32.7 Å². The van der Waals surface area contributed by atoms with Crippen LogP contribution >= 0.6 is 31.9 Å². The van der Waals surface area contributed by atoms with Gasteiger partial charge in [-0.3, -0.25) is 0 Å². The van der Waals surface area contributed by atoms with Gasteiger partial charge >= 0.3 is 0 Å². The van der Waals surface area contributed by atoms with E-state index in [2.05, 4.69) is 31.9 Å². The lowest BCUT2D eigenvalue weighted by Gasteiger charge is -2.05. The van der Waals surface area contributed by atoms with Gasteiger partial charge in [0.15, 0.2) is 6.29 Å². The lowest BCUT2D eigenvalue weighted by atomic mass is 10.2. The third kappa shape index (κ3) is 2.27. The van der Waals surface area contributed by atoms with E-state index in [-0.39, 0.29) is 0 Å². The maximum absolute atomic E-state index is 8.81. The van der Waals surface area contributed by atoms with Gasteiger partial charge in [-0.25, -0.2) is 0 Å². The van der Waals surface area contributed by atoms with Crippen molar-refractivity contribution in [3.8, 4) is 0 Å². The molecule has 0 heterocycles. The molecular weight excluding hydrogens is 276 g/mol. The molecule has 0 fully saturated rings. The topological polar surface area (TPSA) is 40.5 Å². The van der Waals surface area contributed by atoms with Crippen molar-refractivity contribution in [1.29, 1.82) is 0 Å². The fraction of sp³-hybridized carbons (Fsp3) is 0.143. The highest BCUT2D eigenvalue weighted by Crippen LogP contribution is 2.25. The van der Waals surface area contributed by atoms with Crippen LogP contribution in [0.2, 0.25) is 0 Å². The first kappa shape index (κ1) is 9.19. The van der Waals surface area contributed by atoms with E-state index in [1.807, 2.05) is 0 Å². The molecule has 0 radical (unpaired) electrons. The second-order valence-corrected chi connectivity index (χ2v) is 3.81. The van der Waals surface area contributed by atoms with E-state index >= 15 is 0 Å². The minimum absolute atomic E-state index is 0.466. The molecule has 0 aliphatic heterocycles. The maximum atomic E-state index is 8.81. The van der Waals surface area contributed by atoms with Gasteiger partial charge < -0.3 is 10.2 Å². The van der Waals surface area contributed by atoms with Gasteiger partial charge in [-0.2, -0.15) is 0 Å². The molecule has 0 amide bonds. The van der Waals surface area contributed by atoms with Crippen LogP contribution < -0.4 is 0 Å². The van der Waals surface area contributed by atoms with E-state index in [4.69, 9.17) is 10.2 Å². The molecule has 0 spiro atoms. The molecule has 2 N–H and O–H groups in total. The third-order valence-electron chi connectivity index (χ3n) is 1.24. The normalized spacial score (nSPS) is 10.6. The summed E-state index contributed by atoms with van der Waals surface area (Å²) in [5.41, 5.74) is 0.466. The summed E-state index contributed by atoms with van der Waals surface area (Å²) in [4.78, 5) is 0. The molecule has 1 aromatic rings. The zero-order valence-electron chi connectivity index (χ0n) is 5.46. The lowest BCUT2D eigenvalue weighted by Crippen LogP contribution is -1.95. The van der Waals surface area contributed by atoms with Crippen LogP contribution in [0.25, 0.3) is 0 Å². The molecule has 0 saturated carbocycles. The van der Waals surface area contributed by atoms with Gasteiger partial charge in [-0.05, 0) is 12.1 Å². The number of hydrogen-bond acceptors (Lipinski definition) is 2. The van der Waals surface area contributed by atoms with Crippen molar-refractivity contribution < 1.29 is 10.2 Å². The molecule has 0 unspecified atom stereocenters. The summed E-state index contributed by atoms with van der Waals surface area (Å²) in [6, 6.07) is 5.15. The van der Waals surface area contributed by atoms with Crippen molar-refractivity contribution >= 4 is 31.9 Å². The average molecular weight is 282 g/mol. The molecule has 0 saturated heterocycles. The van der Waals surface area contributed by atoms with Crippen LogP contribution in [0.15, 0.2) is 27.1 Å². The Hall–Kier alpha value is 0.1000. The molecule has 0 bridgehead atoms. The van der Waals surface area contributed by atoms with Gasteiger partial charge in [-0.15, -0.1) is 0 Å². The number of hydrogen-bond donors (Lipinski definition) is 2. The molecule has 0 aromatic heterocycles. The Morgan fingerprint density at radius 2 is 1.82 bits per heavy atom. The van der Waals surface area contributed by atoms with Crippen molar-refractivity contribution in [3.63, 3.8) is 0 Å². The fourth-order valence-corrected chi connectivity index (χ4v) is 1.96. The molecule has 1 aromatic carbocycles. The Balaban J connectivity index is 3.09. The highest BCUT2D eigenvalue weighted by Gasteiger charge is 2.06. The van der Waals surface area contributed by atoms with Gasteiger partial charge in [0.05, 0.1) is 0 Å². The van der Waals surface area contributed by atoms with Crippen LogP contribution in [-0.2, 0) is 0 Å². The van der Waals surface area contributed by atoms with Gasteiger partial charge in [0.1, 0.15) is 0 Å². The number of rotatable bonds is 1. The highest BCUT2D eigenvalue weighted by atomic mass is 79.9. The summed E-state index contributed by atoms with van der Waals surface area (Å²) in [6.07, 6.45) is -1.42. The molecule has 11 heavy (non-hydrogen) atoms. The largest absolute Gasteiger partial charge is 0.364 e. The smallest absolute Gasteiger partial charge is 0.179 e. The summed E-state index contributed by atoms with van der Waals surface area (Å²) >= 11 is 6.45. The first-order valence-corrected chi connectivity index (χ1v) is 4.51. The van der Waals surface area contributed by atoms with Crippen LogP contribution in [0.4, 0.5) is 0 Å². The first-order valence-electron chi connectivity index (χ1n) is 2.92. The Labute approximate surface area is 81.1 Å². The predicted molar refractivity (Wildman–Crippen MR) is 49.0 cm³/mol. The van der Waals surface area contributed by atoms with Gasteiger partial charge in [0.2, 0.25) is 0 Å². The van der Waals surface area contributed by atoms with Crippen molar-refractivity contribution in [2.24, 2.45) is 0 Å². The Bertz CT molecular complexity index is 261. The quantitative estimate of drug-likeness (QED) is 0.775. The summed E-state index contributed by atoms with van der Waals surface area (Å²) in [5.74, 6) is 0. The number of aliphatic hydroxyl groups is 2. The molecular formula is C7H6Br2O2. The number of halogens is 2. The van der Waals surface area contributed by atoms with Crippen LogP contribution in [-0.4, -0.2) is 10.2 Å². The minimum atomic E-state index is -1.42. The van der Waals surface area contributed by atoms with Gasteiger partial charge in [0, 0.05) is 14.5 Å². The molecule has 2 nitrogen and oxygen atoms in total. The predicted octanol–water partition coefficient (Wildman–Crippen LogP) is 2.19. The zero-order valence-corrected chi connectivity index (χ0v) is 8.63. The standard InChI is InChI=1S/C7H6Br2O2/c8-4-1-2-5(7(10)11)6(9)3-4/h1-3,7,10-11H. The van der Waals surface area contributed by atoms with E-state index in [0.29, 0.717) is 10.0 Å². The van der Waals surface area contributed by atoms with Crippen molar-refractivity contribution in [1.82, 2.24) is 0 Å². The summed E-state index contributed by atoms with van der Waals surface area (Å²) < 4.78 is 1.58. The van der Waals surface area contributed by atoms with Crippen LogP contribution in [0.5, 0.6) is 0 Å². The Kier molecular flexibility index (Phi) is 3.06. The maximum Gasteiger partial charge on any atom is 0.179 e. The van der Waals surface area contributed by atoms with Crippen LogP contribution in [0, 0.1) is 0 Å². The molecule has 4 heteroatoms. The highest BCUT2D eigenvalue weighted by molar-refractivity contribution is 9.11. The molecule has 1 rings (SSSR count). The van der Waals surface area contributed by atoms with Gasteiger partial charge in [-0.1, -0.05) is 37.9 Å². The second kappa shape index (κ2) is 3.67. The average Bonchev–Trinajstić information content (AvgIpc) is 1.85. The van der Waals surface area contributed by atoms with Crippen LogP contribution in [0.1, 0.15) is 11.9 Å². The molecule has 60 valence electrons. The Morgan fingerprint density at radius 3 is 2.27 bits per heavy atom. The van der Waals surface area contributed by atoms with E-state index in [1.165, 1.54) is 0 Å². The van der Waals surface area contributed by atoms with Crippen molar-refractivity contribution in [2.75, 3.05) is 0 Å². The lowest BCUT2D eigenvalue weighted by molar-refractivity contribution is -0.0430. The van der Waals surface area contributed by atoms with E-state index in [9.17, 15) is 0 Å². The Morgan fingerprint density at radius 1 is 1.18 bits per heavy atom. The van der Waals surface area contributed by atoms with E-state index in [1.54, 1.807) is 18.2 Å². The zero-order chi connectivity index (χ0) is 8.43. The SMILES string of the molecule is OC(O)c1ccc(Br)cc1Br. The molecule has 0 aliphatic rings. The summed E-state index contributed by atoms with van der Waals surface area (Å²) in [7, 11) is 0. The monoisotopic (exact) mass is 280 g/mol. The minimum Gasteiger partial charge on any atom is -0.364 e. The number of aliphatic hydroxyl groups excluding tert-OH is 1. The number of benzene rings is 1. The summed E-state index contributed by atoms with van der Waals surface area (Å²) in [5, 5.41) is 17.6. The van der Waals surface area contributed by atoms with Crippen molar-refractivity contribution in [2.45, 2.75) is 6.29 Å². The third-order valence-corrected chi connectivity index (χ3v) is 2.42. The van der Waals surface area contributed by atoms with Gasteiger partial charge in [0.25, 0.3) is 0 Å². The van der Waals surface area contributed by atoms with E-state index in [0.717, 1.165) is 4.47 Å². The fourth-order valence-electron chi connectivity index (χ4n) is 0.711. The van der Waals surface area contributed by atoms with Crippen LogP contribution in [0.3, 0.4) is 0 Å². The van der Waals surface area contributed by atoms with E-state index < -0.39 is 6.29 Å². The second-order valence-electron chi connectivity index (χ2n) is 2.04. The first-order chi connectivity index (χ1) is 5.11.